The first-order valence-electron chi connectivity index (χ1n) is 9.82. The van der Waals surface area contributed by atoms with Gasteiger partial charge in [-0.2, -0.15) is 5.10 Å². The van der Waals surface area contributed by atoms with Gasteiger partial charge in [0.15, 0.2) is 11.5 Å². The van der Waals surface area contributed by atoms with E-state index in [2.05, 4.69) is 33.1 Å². The highest BCUT2D eigenvalue weighted by atomic mass is 127. The van der Waals surface area contributed by atoms with Crippen molar-refractivity contribution in [3.05, 3.63) is 85.9 Å². The Kier molecular flexibility index (Phi) is 8.85. The molecule has 0 unspecified atom stereocenters. The molecule has 0 spiro atoms. The van der Waals surface area contributed by atoms with E-state index in [0.29, 0.717) is 36.3 Å². The van der Waals surface area contributed by atoms with Gasteiger partial charge in [0.1, 0.15) is 12.4 Å². The lowest BCUT2D eigenvalue weighted by molar-refractivity contribution is 0.269. The first-order valence-corrected chi connectivity index (χ1v) is 11.3. The fraction of sp³-hybridized carbons (Fsp3) is 0.208. The molecule has 0 aliphatic rings. The van der Waals surface area contributed by atoms with Gasteiger partial charge in [-0.3, -0.25) is 0 Å². The number of halogens is 2. The molecule has 1 N–H and O–H groups in total. The van der Waals surface area contributed by atoms with Crippen molar-refractivity contribution >= 4 is 40.4 Å². The molecule has 0 heterocycles. The highest BCUT2D eigenvalue weighted by Crippen LogP contribution is 2.37. The van der Waals surface area contributed by atoms with Gasteiger partial charge in [-0.05, 0) is 71.0 Å². The molecule has 0 radical (unpaired) electrons. The van der Waals surface area contributed by atoms with Crippen LogP contribution in [0, 0.1) is 3.57 Å². The number of benzene rings is 3. The van der Waals surface area contributed by atoms with Gasteiger partial charge in [0.2, 0.25) is 0 Å². The summed E-state index contributed by atoms with van der Waals surface area (Å²) in [7, 11) is 1.65. The Balaban J connectivity index is 1.68. The Morgan fingerprint density at radius 1 is 1.03 bits per heavy atom. The number of rotatable bonds is 10. The summed E-state index contributed by atoms with van der Waals surface area (Å²) in [4.78, 5) is 0. The maximum Gasteiger partial charge on any atom is 0.180 e. The third-order valence-electron chi connectivity index (χ3n) is 4.40. The van der Waals surface area contributed by atoms with E-state index in [4.69, 9.17) is 25.8 Å². The molecular formula is C24H24ClIN2O3. The minimum absolute atomic E-state index is 0.407. The Morgan fingerprint density at radius 2 is 1.81 bits per heavy atom. The van der Waals surface area contributed by atoms with Crippen molar-refractivity contribution in [1.29, 1.82) is 0 Å². The van der Waals surface area contributed by atoms with Gasteiger partial charge < -0.3 is 19.6 Å². The van der Waals surface area contributed by atoms with Gasteiger partial charge >= 0.3 is 0 Å². The number of hydrogen-bond donors (Lipinski definition) is 1. The zero-order valence-electron chi connectivity index (χ0n) is 17.4. The molecular weight excluding hydrogens is 527 g/mol. The molecule has 0 aliphatic carbocycles. The molecule has 0 amide bonds. The van der Waals surface area contributed by atoms with Crippen molar-refractivity contribution in [2.75, 3.05) is 13.7 Å². The van der Waals surface area contributed by atoms with Crippen LogP contribution >= 0.6 is 34.2 Å². The smallest absolute Gasteiger partial charge is 0.180 e. The second kappa shape index (κ2) is 11.8. The summed E-state index contributed by atoms with van der Waals surface area (Å²) in [5.41, 5.74) is 5.93. The number of hydrazone groups is 1. The SMILES string of the molecule is CCOc1cc(/C=N\NCc2ccccc2OC)cc(Cl)c1OCc1ccc(I)cc1. The number of methoxy groups -OCH3 is 1. The highest BCUT2D eigenvalue weighted by Gasteiger charge is 2.12. The monoisotopic (exact) mass is 550 g/mol. The molecule has 3 rings (SSSR count). The summed E-state index contributed by atoms with van der Waals surface area (Å²) < 4.78 is 18.3. The van der Waals surface area contributed by atoms with Crippen LogP contribution in [0.1, 0.15) is 23.6 Å². The summed E-state index contributed by atoms with van der Waals surface area (Å²) in [5.74, 6) is 1.94. The molecule has 7 heteroatoms. The molecule has 0 aliphatic heterocycles. The van der Waals surface area contributed by atoms with Crippen LogP contribution in [0.4, 0.5) is 0 Å². The maximum atomic E-state index is 6.51. The average molecular weight is 551 g/mol. The van der Waals surface area contributed by atoms with Crippen molar-refractivity contribution in [2.24, 2.45) is 5.10 Å². The van der Waals surface area contributed by atoms with Crippen LogP contribution in [0.2, 0.25) is 5.02 Å². The summed E-state index contributed by atoms with van der Waals surface area (Å²) in [5, 5.41) is 4.77. The molecule has 5 nitrogen and oxygen atoms in total. The van der Waals surface area contributed by atoms with Crippen LogP contribution in [0.5, 0.6) is 17.2 Å². The first kappa shape index (κ1) is 23.2. The second-order valence-corrected chi connectivity index (χ2v) is 8.24. The Hall–Kier alpha value is -2.45. The number of para-hydroxylation sites is 1. The van der Waals surface area contributed by atoms with Crippen LogP contribution < -0.4 is 19.6 Å². The minimum Gasteiger partial charge on any atom is -0.496 e. The van der Waals surface area contributed by atoms with Gasteiger partial charge in [-0.15, -0.1) is 0 Å². The molecule has 0 saturated carbocycles. The molecule has 3 aromatic carbocycles. The first-order chi connectivity index (χ1) is 15.1. The number of ether oxygens (including phenoxy) is 3. The zero-order chi connectivity index (χ0) is 22.1. The van der Waals surface area contributed by atoms with E-state index in [0.717, 1.165) is 22.4 Å². The van der Waals surface area contributed by atoms with E-state index in [1.54, 1.807) is 13.3 Å². The van der Waals surface area contributed by atoms with Gasteiger partial charge in [-0.25, -0.2) is 0 Å². The predicted octanol–water partition coefficient (Wildman–Crippen LogP) is 6.05. The highest BCUT2D eigenvalue weighted by molar-refractivity contribution is 14.1. The van der Waals surface area contributed by atoms with Crippen LogP contribution in [-0.2, 0) is 13.2 Å². The summed E-state index contributed by atoms with van der Waals surface area (Å²) in [6.45, 7) is 3.38. The minimum atomic E-state index is 0.407. The molecule has 0 fully saturated rings. The number of nitrogens with one attached hydrogen (secondary N) is 1. The molecule has 0 saturated heterocycles. The van der Waals surface area contributed by atoms with E-state index in [-0.39, 0.29) is 0 Å². The lowest BCUT2D eigenvalue weighted by atomic mass is 10.2. The van der Waals surface area contributed by atoms with Crippen molar-refractivity contribution < 1.29 is 14.2 Å². The molecule has 0 aromatic heterocycles. The summed E-state index contributed by atoms with van der Waals surface area (Å²) in [6, 6.07) is 19.6. The third kappa shape index (κ3) is 6.77. The largest absolute Gasteiger partial charge is 0.496 e. The molecule has 0 atom stereocenters. The Bertz CT molecular complexity index is 1030. The van der Waals surface area contributed by atoms with Crippen molar-refractivity contribution in [3.63, 3.8) is 0 Å². The molecule has 0 bridgehead atoms. The number of hydrogen-bond acceptors (Lipinski definition) is 5. The maximum absolute atomic E-state index is 6.51. The fourth-order valence-corrected chi connectivity index (χ4v) is 3.53. The Labute approximate surface area is 201 Å². The van der Waals surface area contributed by atoms with E-state index < -0.39 is 0 Å². The van der Waals surface area contributed by atoms with Gasteiger partial charge in [0.05, 0.1) is 31.5 Å². The molecule has 31 heavy (non-hydrogen) atoms. The van der Waals surface area contributed by atoms with E-state index in [1.807, 2.05) is 67.6 Å². The number of nitrogens with zero attached hydrogens (tertiary/aromatic N) is 1. The van der Waals surface area contributed by atoms with Crippen molar-refractivity contribution in [2.45, 2.75) is 20.1 Å². The quantitative estimate of drug-likeness (QED) is 0.190. The average Bonchev–Trinajstić information content (AvgIpc) is 2.78. The molecule has 162 valence electrons. The fourth-order valence-electron chi connectivity index (χ4n) is 2.90. The third-order valence-corrected chi connectivity index (χ3v) is 5.39. The van der Waals surface area contributed by atoms with Crippen LogP contribution in [0.15, 0.2) is 65.8 Å². The van der Waals surface area contributed by atoms with E-state index in [1.165, 1.54) is 3.57 Å². The van der Waals surface area contributed by atoms with Crippen LogP contribution in [-0.4, -0.2) is 19.9 Å². The lowest BCUT2D eigenvalue weighted by Crippen LogP contribution is -2.07. The van der Waals surface area contributed by atoms with Gasteiger partial charge in [-0.1, -0.05) is 41.9 Å². The normalized spacial score (nSPS) is 10.8. The van der Waals surface area contributed by atoms with Gasteiger partial charge in [0.25, 0.3) is 0 Å². The predicted molar refractivity (Wildman–Crippen MR) is 134 cm³/mol. The van der Waals surface area contributed by atoms with E-state index >= 15 is 0 Å². The lowest BCUT2D eigenvalue weighted by Gasteiger charge is -2.14. The standard InChI is InChI=1S/C24H24ClIN2O3/c1-3-30-23-13-18(14-27-28-15-19-6-4-5-7-22(19)29-2)12-21(25)24(23)31-16-17-8-10-20(26)11-9-17/h4-14,28H,3,15-16H2,1-2H3/b27-14-. The Morgan fingerprint density at radius 3 is 2.55 bits per heavy atom. The topological polar surface area (TPSA) is 52.1 Å². The van der Waals surface area contributed by atoms with Crippen molar-refractivity contribution in [1.82, 2.24) is 5.43 Å². The summed E-state index contributed by atoms with van der Waals surface area (Å²) in [6.07, 6.45) is 1.70. The van der Waals surface area contributed by atoms with E-state index in [9.17, 15) is 0 Å². The van der Waals surface area contributed by atoms with Crippen LogP contribution in [0.25, 0.3) is 0 Å². The van der Waals surface area contributed by atoms with Crippen molar-refractivity contribution in [3.8, 4) is 17.2 Å². The summed E-state index contributed by atoms with van der Waals surface area (Å²) >= 11 is 8.78. The van der Waals surface area contributed by atoms with Gasteiger partial charge in [0, 0.05) is 9.13 Å². The zero-order valence-corrected chi connectivity index (χ0v) is 20.3. The van der Waals surface area contributed by atoms with Crippen LogP contribution in [0.3, 0.4) is 0 Å². The second-order valence-electron chi connectivity index (χ2n) is 6.58. The molecule has 3 aromatic rings.